The predicted molar refractivity (Wildman–Crippen MR) is 95.3 cm³/mol. The molecule has 1 atom stereocenters. The van der Waals surface area contributed by atoms with E-state index in [1.807, 2.05) is 6.92 Å². The first kappa shape index (κ1) is 21.7. The Balaban J connectivity index is 3.31. The number of rotatable bonds is 8. The van der Waals surface area contributed by atoms with Gasteiger partial charge in [-0.2, -0.15) is 0 Å². The highest BCUT2D eigenvalue weighted by Gasteiger charge is 2.29. The summed E-state index contributed by atoms with van der Waals surface area (Å²) in [4.78, 5) is 38.9. The van der Waals surface area contributed by atoms with Gasteiger partial charge >= 0.3 is 11.9 Å². The second kappa shape index (κ2) is 8.81. The minimum Gasteiger partial charge on any atom is -0.462 e. The number of carbonyl (C=O) groups is 3. The number of ether oxygens (including phenoxy) is 2. The van der Waals surface area contributed by atoms with Gasteiger partial charge in [-0.05, 0) is 39.7 Å². The molecule has 26 heavy (non-hydrogen) atoms. The summed E-state index contributed by atoms with van der Waals surface area (Å²) in [6.45, 7) is 8.95. The molecular formula is C17H28N4O5. The lowest BCUT2D eigenvalue weighted by molar-refractivity contribution is -0.119. The fourth-order valence-corrected chi connectivity index (χ4v) is 2.35. The molecule has 1 amide bonds. The zero-order valence-corrected chi connectivity index (χ0v) is 15.9. The van der Waals surface area contributed by atoms with Crippen molar-refractivity contribution in [3.05, 3.63) is 22.5 Å². The normalized spacial score (nSPS) is 12.5. The molecule has 9 heteroatoms. The number of aromatic amines is 1. The molecule has 0 bridgehead atoms. The van der Waals surface area contributed by atoms with E-state index >= 15 is 0 Å². The molecule has 1 aromatic rings. The number of H-pyrrole nitrogens is 1. The van der Waals surface area contributed by atoms with Crippen LogP contribution in [0.25, 0.3) is 0 Å². The molecule has 0 fully saturated rings. The Morgan fingerprint density at radius 1 is 1.19 bits per heavy atom. The van der Waals surface area contributed by atoms with Crippen LogP contribution in [-0.4, -0.2) is 41.2 Å². The van der Waals surface area contributed by atoms with Crippen LogP contribution >= 0.6 is 0 Å². The van der Waals surface area contributed by atoms with E-state index in [9.17, 15) is 14.4 Å². The Bertz CT molecular complexity index is 675. The Hall–Kier alpha value is -2.39. The fourth-order valence-electron chi connectivity index (χ4n) is 2.35. The SMILES string of the molecule is CCOC(=O)c1c(CNC(N)C(N)=O)[nH]c(C(=O)OC(C)(C)C)c1CC. The second-order valence-corrected chi connectivity index (χ2v) is 6.67. The molecule has 0 saturated heterocycles. The molecule has 0 aliphatic heterocycles. The van der Waals surface area contributed by atoms with Crippen LogP contribution in [0.2, 0.25) is 0 Å². The van der Waals surface area contributed by atoms with E-state index in [1.165, 1.54) is 0 Å². The Kier molecular flexibility index (Phi) is 7.34. The third kappa shape index (κ3) is 5.57. The van der Waals surface area contributed by atoms with Crippen LogP contribution < -0.4 is 16.8 Å². The van der Waals surface area contributed by atoms with Gasteiger partial charge in [-0.1, -0.05) is 6.92 Å². The number of aromatic nitrogens is 1. The summed E-state index contributed by atoms with van der Waals surface area (Å²) in [5, 5.41) is 2.70. The highest BCUT2D eigenvalue weighted by Crippen LogP contribution is 2.24. The van der Waals surface area contributed by atoms with Gasteiger partial charge in [0.25, 0.3) is 0 Å². The number of primary amides is 1. The molecule has 9 nitrogen and oxygen atoms in total. The summed E-state index contributed by atoms with van der Waals surface area (Å²) in [5.74, 6) is -1.89. The van der Waals surface area contributed by atoms with Gasteiger partial charge in [-0.25, -0.2) is 9.59 Å². The first-order valence-electron chi connectivity index (χ1n) is 8.44. The highest BCUT2D eigenvalue weighted by molar-refractivity contribution is 5.99. The Morgan fingerprint density at radius 2 is 1.81 bits per heavy atom. The average Bonchev–Trinajstić information content (AvgIpc) is 2.89. The summed E-state index contributed by atoms with van der Waals surface area (Å²) >= 11 is 0. The third-order valence-corrected chi connectivity index (χ3v) is 3.42. The van der Waals surface area contributed by atoms with Crippen LogP contribution in [0.1, 0.15) is 66.7 Å². The van der Waals surface area contributed by atoms with Crippen LogP contribution in [0.3, 0.4) is 0 Å². The van der Waals surface area contributed by atoms with Gasteiger partial charge in [0, 0.05) is 12.2 Å². The second-order valence-electron chi connectivity index (χ2n) is 6.67. The number of amides is 1. The van der Waals surface area contributed by atoms with Crippen molar-refractivity contribution in [2.45, 2.75) is 59.4 Å². The van der Waals surface area contributed by atoms with Crippen LogP contribution in [-0.2, 0) is 27.2 Å². The molecule has 1 unspecified atom stereocenters. The molecule has 0 aliphatic carbocycles. The quantitative estimate of drug-likeness (QED) is 0.387. The van der Waals surface area contributed by atoms with Crippen molar-refractivity contribution >= 4 is 17.8 Å². The van der Waals surface area contributed by atoms with Crippen molar-refractivity contribution in [1.29, 1.82) is 0 Å². The summed E-state index contributed by atoms with van der Waals surface area (Å²) < 4.78 is 10.5. The van der Waals surface area contributed by atoms with Gasteiger partial charge in [0.05, 0.1) is 12.2 Å². The highest BCUT2D eigenvalue weighted by atomic mass is 16.6. The van der Waals surface area contributed by atoms with Gasteiger partial charge in [0.2, 0.25) is 5.91 Å². The number of esters is 2. The van der Waals surface area contributed by atoms with Crippen molar-refractivity contribution in [3.63, 3.8) is 0 Å². The smallest absolute Gasteiger partial charge is 0.355 e. The maximum absolute atomic E-state index is 12.5. The number of nitrogens with two attached hydrogens (primary N) is 2. The molecule has 0 aliphatic rings. The number of hydrogen-bond acceptors (Lipinski definition) is 7. The molecule has 1 rings (SSSR count). The maximum atomic E-state index is 12.5. The van der Waals surface area contributed by atoms with Crippen molar-refractivity contribution in [3.8, 4) is 0 Å². The first-order chi connectivity index (χ1) is 12.0. The molecule has 0 aromatic carbocycles. The van der Waals surface area contributed by atoms with E-state index in [1.54, 1.807) is 27.7 Å². The molecule has 0 spiro atoms. The topological polar surface area (TPSA) is 150 Å². The van der Waals surface area contributed by atoms with E-state index in [0.717, 1.165) is 0 Å². The average molecular weight is 368 g/mol. The van der Waals surface area contributed by atoms with Crippen LogP contribution in [0, 0.1) is 0 Å². The summed E-state index contributed by atoms with van der Waals surface area (Å²) in [6.07, 6.45) is -0.690. The van der Waals surface area contributed by atoms with E-state index < -0.39 is 29.6 Å². The summed E-state index contributed by atoms with van der Waals surface area (Å²) in [5.41, 5.74) is 11.3. The monoisotopic (exact) mass is 368 g/mol. The first-order valence-corrected chi connectivity index (χ1v) is 8.44. The van der Waals surface area contributed by atoms with Crippen molar-refractivity contribution < 1.29 is 23.9 Å². The number of carbonyl (C=O) groups excluding carboxylic acids is 3. The summed E-state index contributed by atoms with van der Waals surface area (Å²) in [7, 11) is 0. The van der Waals surface area contributed by atoms with Crippen LogP contribution in [0.15, 0.2) is 0 Å². The minimum absolute atomic E-state index is 0.0219. The zero-order valence-electron chi connectivity index (χ0n) is 15.9. The molecule has 146 valence electrons. The molecule has 6 N–H and O–H groups in total. The van der Waals surface area contributed by atoms with E-state index in [2.05, 4.69) is 10.3 Å². The predicted octanol–water partition coefficient (Wildman–Crippen LogP) is 0.569. The lowest BCUT2D eigenvalue weighted by Gasteiger charge is -2.19. The van der Waals surface area contributed by atoms with Crippen molar-refractivity contribution in [1.82, 2.24) is 10.3 Å². The van der Waals surface area contributed by atoms with Gasteiger partial charge in [-0.3, -0.25) is 10.1 Å². The Labute approximate surface area is 152 Å². The molecular weight excluding hydrogens is 340 g/mol. The molecule has 1 aromatic heterocycles. The Morgan fingerprint density at radius 3 is 2.27 bits per heavy atom. The number of nitrogens with one attached hydrogen (secondary N) is 2. The van der Waals surface area contributed by atoms with Crippen molar-refractivity contribution in [2.75, 3.05) is 6.61 Å². The van der Waals surface area contributed by atoms with Gasteiger partial charge in [0.15, 0.2) is 0 Å². The van der Waals surface area contributed by atoms with E-state index in [-0.39, 0.29) is 24.4 Å². The largest absolute Gasteiger partial charge is 0.462 e. The zero-order chi connectivity index (χ0) is 20.1. The van der Waals surface area contributed by atoms with E-state index in [0.29, 0.717) is 17.7 Å². The standard InChI is InChI=1S/C17H28N4O5/c1-6-9-11(15(23)25-7-2)10(8-20-13(18)14(19)22)21-12(9)16(24)26-17(3,4)5/h13,20-21H,6-8,18H2,1-5H3,(H2,19,22). The van der Waals surface area contributed by atoms with Gasteiger partial charge < -0.3 is 25.9 Å². The summed E-state index contributed by atoms with van der Waals surface area (Å²) in [6, 6.07) is 0. The van der Waals surface area contributed by atoms with Crippen LogP contribution in [0.5, 0.6) is 0 Å². The van der Waals surface area contributed by atoms with Crippen molar-refractivity contribution in [2.24, 2.45) is 11.5 Å². The maximum Gasteiger partial charge on any atom is 0.355 e. The molecule has 0 saturated carbocycles. The van der Waals surface area contributed by atoms with Crippen LogP contribution in [0.4, 0.5) is 0 Å². The lowest BCUT2D eigenvalue weighted by atomic mass is 10.1. The van der Waals surface area contributed by atoms with Gasteiger partial charge in [0.1, 0.15) is 17.5 Å². The molecule has 0 radical (unpaired) electrons. The minimum atomic E-state index is -1.09. The third-order valence-electron chi connectivity index (χ3n) is 3.42. The van der Waals surface area contributed by atoms with Gasteiger partial charge in [-0.15, -0.1) is 0 Å². The lowest BCUT2D eigenvalue weighted by Crippen LogP contribution is -2.47. The molecule has 1 heterocycles. The number of hydrogen-bond donors (Lipinski definition) is 4. The fraction of sp³-hybridized carbons (Fsp3) is 0.588. The van der Waals surface area contributed by atoms with E-state index in [4.69, 9.17) is 20.9 Å².